The highest BCUT2D eigenvalue weighted by atomic mass is 16.7. The van der Waals surface area contributed by atoms with E-state index in [-0.39, 0.29) is 33.0 Å². The van der Waals surface area contributed by atoms with Gasteiger partial charge in [-0.15, -0.1) is 0 Å². The fraction of sp³-hybridized carbons (Fsp3) is 0.553. The number of aliphatic hydroxyl groups excluding tert-OH is 1. The lowest BCUT2D eigenvalue weighted by Crippen LogP contribution is -2.62. The summed E-state index contributed by atoms with van der Waals surface area (Å²) in [4.78, 5) is 40.2. The van der Waals surface area contributed by atoms with Gasteiger partial charge in [0.15, 0.2) is 30.9 Å². The molecule has 3 aromatic carbocycles. The number of ether oxygens (including phenoxy) is 9. The molecule has 13 heteroatoms. The molecule has 9 atom stereocenters. The van der Waals surface area contributed by atoms with Crippen molar-refractivity contribution in [1.82, 2.24) is 0 Å². The molecule has 5 rings (SSSR count). The van der Waals surface area contributed by atoms with Crippen LogP contribution in [0, 0.1) is 16.2 Å². The Bertz CT molecular complexity index is 1800. The number of hydrogen-bond donors (Lipinski definition) is 1. The number of hydrogen-bond acceptors (Lipinski definition) is 13. The number of carbonyl (C=O) groups is 3. The maximum atomic E-state index is 13.6. The molecule has 60 heavy (non-hydrogen) atoms. The van der Waals surface area contributed by atoms with Crippen molar-refractivity contribution in [2.45, 2.75) is 137 Å². The first-order chi connectivity index (χ1) is 28.3. The standard InChI is InChI=1S/C47H62O13/c1-45(2,3)42(49)58-34-29-56-41(39(60-44(51)47(7,8)9)36(34)59-43(50)46(4,5)6)55-28-33-35(52-25-30-19-13-10-14-20-30)37(53-26-31-21-15-11-16-22-31)38(40(48)57-33)54-27-32-23-17-12-18-24-32/h10-24,33-41,48H,25-29H2,1-9H3/t33-,34-,35-,36+,37+,38-,39-,40+,41-/m1/s1. The summed E-state index contributed by atoms with van der Waals surface area (Å²) in [7, 11) is 0. The molecule has 0 bridgehead atoms. The van der Waals surface area contributed by atoms with E-state index in [1.165, 1.54) is 0 Å². The lowest BCUT2D eigenvalue weighted by molar-refractivity contribution is -0.332. The van der Waals surface area contributed by atoms with Crippen molar-refractivity contribution in [2.75, 3.05) is 13.2 Å². The van der Waals surface area contributed by atoms with Crippen LogP contribution in [0.2, 0.25) is 0 Å². The normalized spacial score (nSPS) is 26.2. The van der Waals surface area contributed by atoms with Gasteiger partial charge in [-0.1, -0.05) is 91.0 Å². The Labute approximate surface area is 353 Å². The third-order valence-corrected chi connectivity index (χ3v) is 9.85. The summed E-state index contributed by atoms with van der Waals surface area (Å²) in [6.07, 6.45) is -10.4. The predicted octanol–water partition coefficient (Wildman–Crippen LogP) is 6.71. The van der Waals surface area contributed by atoms with Gasteiger partial charge >= 0.3 is 17.9 Å². The van der Waals surface area contributed by atoms with Crippen molar-refractivity contribution in [3.8, 4) is 0 Å². The topological polar surface area (TPSA) is 155 Å². The second-order valence-corrected chi connectivity index (χ2v) is 18.3. The first-order valence-electron chi connectivity index (χ1n) is 20.5. The van der Waals surface area contributed by atoms with Crippen LogP contribution in [0.1, 0.15) is 79.0 Å². The Morgan fingerprint density at radius 2 is 0.933 bits per heavy atom. The molecule has 0 spiro atoms. The Morgan fingerprint density at radius 3 is 1.38 bits per heavy atom. The van der Waals surface area contributed by atoms with Crippen LogP contribution in [-0.4, -0.2) is 91.5 Å². The molecule has 0 aromatic heterocycles. The first-order valence-corrected chi connectivity index (χ1v) is 20.5. The zero-order chi connectivity index (χ0) is 43.7. The van der Waals surface area contributed by atoms with Gasteiger partial charge in [0, 0.05) is 0 Å². The summed E-state index contributed by atoms with van der Waals surface area (Å²) in [6, 6.07) is 28.7. The summed E-state index contributed by atoms with van der Waals surface area (Å²) >= 11 is 0. The van der Waals surface area contributed by atoms with Gasteiger partial charge < -0.3 is 47.7 Å². The largest absolute Gasteiger partial charge is 0.455 e. The zero-order valence-corrected chi connectivity index (χ0v) is 36.2. The van der Waals surface area contributed by atoms with Crippen LogP contribution >= 0.6 is 0 Å². The Kier molecular flexibility index (Phi) is 16.1. The van der Waals surface area contributed by atoms with Gasteiger partial charge in [0.1, 0.15) is 24.4 Å². The highest BCUT2D eigenvalue weighted by Gasteiger charge is 2.52. The Morgan fingerprint density at radius 1 is 0.533 bits per heavy atom. The fourth-order valence-corrected chi connectivity index (χ4v) is 6.26. The highest BCUT2D eigenvalue weighted by molar-refractivity contribution is 5.77. The van der Waals surface area contributed by atoms with Crippen molar-refractivity contribution in [2.24, 2.45) is 16.2 Å². The molecule has 2 saturated heterocycles. The van der Waals surface area contributed by atoms with Gasteiger partial charge in [-0.2, -0.15) is 0 Å². The molecule has 3 aromatic rings. The van der Waals surface area contributed by atoms with Crippen LogP contribution in [0.4, 0.5) is 0 Å². The maximum Gasteiger partial charge on any atom is 0.311 e. The summed E-state index contributed by atoms with van der Waals surface area (Å²) < 4.78 is 56.4. The van der Waals surface area contributed by atoms with E-state index in [0.717, 1.165) is 16.7 Å². The molecule has 0 saturated carbocycles. The van der Waals surface area contributed by atoms with E-state index in [4.69, 9.17) is 42.6 Å². The molecular weight excluding hydrogens is 773 g/mol. The Hall–Kier alpha value is -4.21. The summed E-state index contributed by atoms with van der Waals surface area (Å²) in [5, 5.41) is 11.6. The SMILES string of the molecule is CC(C)(C)C(=O)O[C@@H]1[C@@H](OC(=O)C(C)(C)C)[C@H](OC[C@H]2O[C@H](O)[C@H](OCc3ccccc3)[C@@H](OCc3ccccc3)[C@@H]2OCc2ccccc2)OC[C@H]1OC(=O)C(C)(C)C. The van der Waals surface area contributed by atoms with Crippen LogP contribution in [0.3, 0.4) is 0 Å². The monoisotopic (exact) mass is 834 g/mol. The number of benzene rings is 3. The first kappa shape index (κ1) is 46.8. The molecule has 1 N–H and O–H groups in total. The number of esters is 3. The third-order valence-electron chi connectivity index (χ3n) is 9.85. The molecule has 328 valence electrons. The van der Waals surface area contributed by atoms with Crippen LogP contribution in [0.25, 0.3) is 0 Å². The van der Waals surface area contributed by atoms with Crippen molar-refractivity contribution in [3.05, 3.63) is 108 Å². The lowest BCUT2D eigenvalue weighted by atomic mass is 9.95. The van der Waals surface area contributed by atoms with Gasteiger partial charge in [0.2, 0.25) is 0 Å². The number of carbonyl (C=O) groups excluding carboxylic acids is 3. The second-order valence-electron chi connectivity index (χ2n) is 18.3. The van der Waals surface area contributed by atoms with Crippen molar-refractivity contribution < 1.29 is 62.1 Å². The minimum atomic E-state index is -1.48. The van der Waals surface area contributed by atoms with Crippen molar-refractivity contribution >= 4 is 17.9 Å². The van der Waals surface area contributed by atoms with E-state index >= 15 is 0 Å². The second kappa shape index (κ2) is 20.6. The van der Waals surface area contributed by atoms with Crippen LogP contribution < -0.4 is 0 Å². The van der Waals surface area contributed by atoms with Gasteiger partial charge in [0.25, 0.3) is 0 Å². The average molecular weight is 835 g/mol. The highest BCUT2D eigenvalue weighted by Crippen LogP contribution is 2.34. The molecule has 2 aliphatic heterocycles. The minimum Gasteiger partial charge on any atom is -0.455 e. The summed E-state index contributed by atoms with van der Waals surface area (Å²) in [5.74, 6) is -1.82. The maximum absolute atomic E-state index is 13.6. The summed E-state index contributed by atoms with van der Waals surface area (Å²) in [6.45, 7) is 15.2. The number of aliphatic hydroxyl groups is 1. The molecule has 2 fully saturated rings. The van der Waals surface area contributed by atoms with Crippen LogP contribution in [0.15, 0.2) is 91.0 Å². The van der Waals surface area contributed by atoms with Crippen LogP contribution in [0.5, 0.6) is 0 Å². The van der Waals surface area contributed by atoms with Gasteiger partial charge in [-0.25, -0.2) is 0 Å². The van der Waals surface area contributed by atoms with E-state index in [9.17, 15) is 19.5 Å². The Balaban J connectivity index is 1.47. The molecule has 0 aliphatic carbocycles. The van der Waals surface area contributed by atoms with Gasteiger partial charge in [-0.3, -0.25) is 14.4 Å². The zero-order valence-electron chi connectivity index (χ0n) is 36.2. The van der Waals surface area contributed by atoms with E-state index < -0.39 is 89.5 Å². The van der Waals surface area contributed by atoms with Crippen molar-refractivity contribution in [3.63, 3.8) is 0 Å². The van der Waals surface area contributed by atoms with Gasteiger partial charge in [-0.05, 0) is 79.0 Å². The third kappa shape index (κ3) is 13.1. The van der Waals surface area contributed by atoms with Crippen LogP contribution in [-0.2, 0) is 76.8 Å². The molecule has 13 nitrogen and oxygen atoms in total. The van der Waals surface area contributed by atoms with E-state index in [1.807, 2.05) is 91.0 Å². The summed E-state index contributed by atoms with van der Waals surface area (Å²) in [5.41, 5.74) is -0.183. The molecule has 2 aliphatic rings. The fourth-order valence-electron chi connectivity index (χ4n) is 6.26. The molecule has 0 radical (unpaired) electrons. The average Bonchev–Trinajstić information content (AvgIpc) is 3.19. The molecule has 0 unspecified atom stereocenters. The van der Waals surface area contributed by atoms with Crippen molar-refractivity contribution in [1.29, 1.82) is 0 Å². The smallest absolute Gasteiger partial charge is 0.311 e. The van der Waals surface area contributed by atoms with E-state index in [2.05, 4.69) is 0 Å². The van der Waals surface area contributed by atoms with Gasteiger partial charge in [0.05, 0.1) is 49.3 Å². The lowest BCUT2D eigenvalue weighted by Gasteiger charge is -2.45. The molecular formula is C47H62O13. The predicted molar refractivity (Wildman–Crippen MR) is 220 cm³/mol. The minimum absolute atomic E-state index is 0.162. The number of rotatable bonds is 15. The quantitative estimate of drug-likeness (QED) is 0.128. The molecule has 2 heterocycles. The van der Waals surface area contributed by atoms with E-state index in [0.29, 0.717) is 0 Å². The van der Waals surface area contributed by atoms with E-state index in [1.54, 1.807) is 62.3 Å². The molecule has 0 amide bonds.